The van der Waals surface area contributed by atoms with Crippen molar-refractivity contribution in [1.82, 2.24) is 9.55 Å². The number of para-hydroxylation sites is 1. The molecule has 1 amide bonds. The highest BCUT2D eigenvalue weighted by atomic mass is 32.2. The van der Waals surface area contributed by atoms with Crippen molar-refractivity contribution in [3.05, 3.63) is 63.8 Å². The summed E-state index contributed by atoms with van der Waals surface area (Å²) in [4.78, 5) is 31.5. The van der Waals surface area contributed by atoms with Crippen molar-refractivity contribution in [1.29, 1.82) is 0 Å². The van der Waals surface area contributed by atoms with E-state index in [1.54, 1.807) is 10.6 Å². The van der Waals surface area contributed by atoms with E-state index in [9.17, 15) is 9.59 Å². The number of amides is 1. The number of hydrogen-bond acceptors (Lipinski definition) is 5. The van der Waals surface area contributed by atoms with E-state index in [4.69, 9.17) is 0 Å². The molecule has 0 unspecified atom stereocenters. The van der Waals surface area contributed by atoms with Crippen LogP contribution >= 0.6 is 23.1 Å². The summed E-state index contributed by atoms with van der Waals surface area (Å²) in [6.07, 6.45) is 1.66. The number of nitrogens with one attached hydrogen (secondary N) is 1. The monoisotopic (exact) mass is 385 g/mol. The molecule has 2 heterocycles. The minimum Gasteiger partial charge on any atom is -0.325 e. The Labute approximate surface area is 159 Å². The Morgan fingerprint density at radius 1 is 1.35 bits per heavy atom. The number of anilines is 1. The average Bonchev–Trinajstić information content (AvgIpc) is 2.91. The Hall–Kier alpha value is -2.38. The third-order valence-electron chi connectivity index (χ3n) is 3.96. The molecule has 0 saturated carbocycles. The van der Waals surface area contributed by atoms with Crippen molar-refractivity contribution in [3.8, 4) is 0 Å². The van der Waals surface area contributed by atoms with Crippen LogP contribution in [0.4, 0.5) is 5.69 Å². The molecule has 1 N–H and O–H groups in total. The zero-order chi connectivity index (χ0) is 18.7. The fraction of sp³-hybridized carbons (Fsp3) is 0.211. The Balaban J connectivity index is 1.87. The summed E-state index contributed by atoms with van der Waals surface area (Å²) in [6.45, 7) is 8.01. The fourth-order valence-electron chi connectivity index (χ4n) is 2.56. The van der Waals surface area contributed by atoms with Gasteiger partial charge in [0.1, 0.15) is 4.83 Å². The zero-order valence-electron chi connectivity index (χ0n) is 14.6. The standard InChI is InChI=1S/C19H19N3O2S2/c1-4-10-22-18(24)16-12(2)13(3)26-17(16)21-19(22)25-11-15(23)20-14-8-6-5-7-9-14/h4-9H,1,10-11H2,2-3H3,(H,20,23). The third-order valence-corrected chi connectivity index (χ3v) is 6.03. The van der Waals surface area contributed by atoms with E-state index in [1.165, 1.54) is 23.1 Å². The lowest BCUT2D eigenvalue weighted by molar-refractivity contribution is -0.113. The number of carbonyl (C=O) groups is 1. The van der Waals surface area contributed by atoms with Crippen LogP contribution in [0.15, 0.2) is 52.9 Å². The first-order valence-electron chi connectivity index (χ1n) is 8.10. The number of hydrogen-bond donors (Lipinski definition) is 1. The lowest BCUT2D eigenvalue weighted by Gasteiger charge is -2.10. The van der Waals surface area contributed by atoms with Gasteiger partial charge in [-0.25, -0.2) is 4.98 Å². The van der Waals surface area contributed by atoms with E-state index in [0.29, 0.717) is 17.1 Å². The number of benzene rings is 1. The molecule has 0 atom stereocenters. The number of thiophene rings is 1. The lowest BCUT2D eigenvalue weighted by Crippen LogP contribution is -2.23. The van der Waals surface area contributed by atoms with Gasteiger partial charge in [0.25, 0.3) is 5.56 Å². The van der Waals surface area contributed by atoms with Crippen LogP contribution in [0.2, 0.25) is 0 Å². The number of carbonyl (C=O) groups excluding carboxylic acids is 1. The third kappa shape index (κ3) is 3.73. The van der Waals surface area contributed by atoms with E-state index in [-0.39, 0.29) is 17.2 Å². The van der Waals surface area contributed by atoms with E-state index >= 15 is 0 Å². The van der Waals surface area contributed by atoms with Gasteiger partial charge in [0.05, 0.1) is 11.1 Å². The molecule has 0 aliphatic carbocycles. The highest BCUT2D eigenvalue weighted by Gasteiger charge is 2.17. The molecule has 26 heavy (non-hydrogen) atoms. The van der Waals surface area contributed by atoms with Crippen LogP contribution in [0.5, 0.6) is 0 Å². The maximum absolute atomic E-state index is 12.9. The van der Waals surface area contributed by atoms with Gasteiger partial charge in [-0.3, -0.25) is 14.2 Å². The molecule has 5 nitrogen and oxygen atoms in total. The van der Waals surface area contributed by atoms with E-state index in [1.807, 2.05) is 44.2 Å². The Morgan fingerprint density at radius 3 is 2.77 bits per heavy atom. The zero-order valence-corrected chi connectivity index (χ0v) is 16.2. The Kier molecular flexibility index (Phi) is 5.58. The maximum atomic E-state index is 12.9. The molecule has 1 aromatic carbocycles. The second-order valence-corrected chi connectivity index (χ2v) is 7.91. The highest BCUT2D eigenvalue weighted by Crippen LogP contribution is 2.28. The summed E-state index contributed by atoms with van der Waals surface area (Å²) in [6, 6.07) is 9.28. The van der Waals surface area contributed by atoms with Gasteiger partial charge in [-0.1, -0.05) is 36.0 Å². The molecule has 3 rings (SSSR count). The van der Waals surface area contributed by atoms with Gasteiger partial charge >= 0.3 is 0 Å². The number of aryl methyl sites for hydroxylation is 2. The van der Waals surface area contributed by atoms with E-state index in [0.717, 1.165) is 21.0 Å². The summed E-state index contributed by atoms with van der Waals surface area (Å²) in [7, 11) is 0. The molecule has 0 fully saturated rings. The minimum absolute atomic E-state index is 0.0808. The van der Waals surface area contributed by atoms with Gasteiger partial charge in [-0.15, -0.1) is 17.9 Å². The molecular formula is C19H19N3O2S2. The van der Waals surface area contributed by atoms with Crippen LogP contribution in [-0.4, -0.2) is 21.2 Å². The van der Waals surface area contributed by atoms with Crippen LogP contribution in [0, 0.1) is 13.8 Å². The second-order valence-electron chi connectivity index (χ2n) is 5.77. The summed E-state index contributed by atoms with van der Waals surface area (Å²) >= 11 is 2.76. The number of nitrogens with zero attached hydrogens (tertiary/aromatic N) is 2. The summed E-state index contributed by atoms with van der Waals surface area (Å²) in [5.74, 6) is 0.0343. The predicted octanol–water partition coefficient (Wildman–Crippen LogP) is 3.99. The van der Waals surface area contributed by atoms with Crippen LogP contribution in [0.1, 0.15) is 10.4 Å². The maximum Gasteiger partial charge on any atom is 0.263 e. The normalized spacial score (nSPS) is 10.8. The van der Waals surface area contributed by atoms with Gasteiger partial charge in [-0.2, -0.15) is 0 Å². The van der Waals surface area contributed by atoms with Gasteiger partial charge in [0.15, 0.2) is 5.16 Å². The smallest absolute Gasteiger partial charge is 0.263 e. The lowest BCUT2D eigenvalue weighted by atomic mass is 10.2. The molecule has 0 aliphatic rings. The molecular weight excluding hydrogens is 366 g/mol. The van der Waals surface area contributed by atoms with Crippen LogP contribution in [0.25, 0.3) is 10.2 Å². The highest BCUT2D eigenvalue weighted by molar-refractivity contribution is 7.99. The topological polar surface area (TPSA) is 64.0 Å². The van der Waals surface area contributed by atoms with Crippen molar-refractivity contribution in [2.24, 2.45) is 0 Å². The van der Waals surface area contributed by atoms with Crippen LogP contribution in [0.3, 0.4) is 0 Å². The second kappa shape index (κ2) is 7.88. The van der Waals surface area contributed by atoms with Crippen molar-refractivity contribution < 1.29 is 4.79 Å². The van der Waals surface area contributed by atoms with Gasteiger partial charge in [0, 0.05) is 17.1 Å². The van der Waals surface area contributed by atoms with E-state index in [2.05, 4.69) is 16.9 Å². The molecule has 0 bridgehead atoms. The molecule has 134 valence electrons. The van der Waals surface area contributed by atoms with Crippen LogP contribution in [-0.2, 0) is 11.3 Å². The molecule has 0 radical (unpaired) electrons. The van der Waals surface area contributed by atoms with Crippen molar-refractivity contribution in [2.75, 3.05) is 11.1 Å². The molecule has 7 heteroatoms. The van der Waals surface area contributed by atoms with Crippen molar-refractivity contribution in [2.45, 2.75) is 25.5 Å². The van der Waals surface area contributed by atoms with Gasteiger partial charge in [-0.05, 0) is 31.5 Å². The summed E-state index contributed by atoms with van der Waals surface area (Å²) in [5, 5.41) is 4.03. The fourth-order valence-corrected chi connectivity index (χ4v) is 4.44. The van der Waals surface area contributed by atoms with Crippen LogP contribution < -0.4 is 10.9 Å². The molecule has 0 spiro atoms. The number of allylic oxidation sites excluding steroid dienone is 1. The number of aromatic nitrogens is 2. The quantitative estimate of drug-likeness (QED) is 0.396. The largest absolute Gasteiger partial charge is 0.325 e. The molecule has 0 saturated heterocycles. The van der Waals surface area contributed by atoms with Gasteiger partial charge < -0.3 is 5.32 Å². The Bertz CT molecular complexity index is 1020. The molecule has 2 aromatic heterocycles. The van der Waals surface area contributed by atoms with Crippen molar-refractivity contribution in [3.63, 3.8) is 0 Å². The number of fused-ring (bicyclic) bond motifs is 1. The first-order valence-corrected chi connectivity index (χ1v) is 9.90. The number of rotatable bonds is 6. The average molecular weight is 386 g/mol. The summed E-state index contributed by atoms with van der Waals surface area (Å²) < 4.78 is 1.58. The minimum atomic E-state index is -0.140. The van der Waals surface area contributed by atoms with E-state index < -0.39 is 0 Å². The molecule has 3 aromatic rings. The predicted molar refractivity (Wildman–Crippen MR) is 109 cm³/mol. The van der Waals surface area contributed by atoms with Crippen molar-refractivity contribution >= 4 is 44.9 Å². The summed E-state index contributed by atoms with van der Waals surface area (Å²) in [5.41, 5.74) is 1.64. The first kappa shape index (κ1) is 18.4. The number of thioether (sulfide) groups is 1. The SMILES string of the molecule is C=CCn1c(SCC(=O)Nc2ccccc2)nc2sc(C)c(C)c2c1=O. The molecule has 0 aliphatic heterocycles. The van der Waals surface area contributed by atoms with Gasteiger partial charge in [0.2, 0.25) is 5.91 Å². The Morgan fingerprint density at radius 2 is 2.08 bits per heavy atom. The first-order chi connectivity index (χ1) is 12.5.